The van der Waals surface area contributed by atoms with Gasteiger partial charge in [0.1, 0.15) is 12.4 Å². The summed E-state index contributed by atoms with van der Waals surface area (Å²) in [6.45, 7) is 0.499. The van der Waals surface area contributed by atoms with E-state index in [0.717, 1.165) is 27.6 Å². The molecule has 3 aromatic carbocycles. The minimum atomic E-state index is -0.280. The molecule has 0 aromatic heterocycles. The van der Waals surface area contributed by atoms with E-state index in [1.165, 1.54) is 24.8 Å². The van der Waals surface area contributed by atoms with E-state index in [1.807, 2.05) is 48.5 Å². The van der Waals surface area contributed by atoms with E-state index in [9.17, 15) is 10.1 Å². The van der Waals surface area contributed by atoms with Crippen molar-refractivity contribution < 1.29 is 9.66 Å². The SMILES string of the molecule is O=[N+]([O-])c1ccc2c(c1)[C@@H]1[C@H]3CC[C@@H](C3)[C@H]1[C@H](c1ccc(OCc3ccc(Cl)cc3)cc1)N2. The fourth-order valence-corrected chi connectivity index (χ4v) is 6.56. The van der Waals surface area contributed by atoms with Gasteiger partial charge in [-0.1, -0.05) is 35.9 Å². The first-order valence-electron chi connectivity index (χ1n) is 11.6. The molecule has 1 N–H and O–H groups in total. The van der Waals surface area contributed by atoms with E-state index in [-0.39, 0.29) is 16.7 Å². The fourth-order valence-electron chi connectivity index (χ4n) is 6.44. The summed E-state index contributed by atoms with van der Waals surface area (Å²) in [7, 11) is 0. The molecule has 2 saturated carbocycles. The lowest BCUT2D eigenvalue weighted by molar-refractivity contribution is -0.384. The van der Waals surface area contributed by atoms with Crippen LogP contribution in [-0.2, 0) is 6.61 Å². The Balaban J connectivity index is 1.25. The van der Waals surface area contributed by atoms with E-state index >= 15 is 0 Å². The van der Waals surface area contributed by atoms with E-state index < -0.39 is 0 Å². The molecule has 2 aliphatic carbocycles. The molecule has 5 atom stereocenters. The number of nitrogens with one attached hydrogen (secondary N) is 1. The number of fused-ring (bicyclic) bond motifs is 7. The van der Waals surface area contributed by atoms with Crippen LogP contribution in [0, 0.1) is 27.9 Å². The Labute approximate surface area is 197 Å². The lowest BCUT2D eigenvalue weighted by Gasteiger charge is -2.43. The zero-order valence-electron chi connectivity index (χ0n) is 18.1. The molecule has 0 spiro atoms. The number of nitrogens with zero attached hydrogens (tertiary/aromatic N) is 1. The molecule has 3 aromatic rings. The second-order valence-electron chi connectivity index (χ2n) is 9.57. The Bertz CT molecular complexity index is 1190. The molecule has 2 bridgehead atoms. The average molecular weight is 461 g/mol. The van der Waals surface area contributed by atoms with Crippen molar-refractivity contribution in [3.05, 3.63) is 98.6 Å². The predicted molar refractivity (Wildman–Crippen MR) is 129 cm³/mol. The largest absolute Gasteiger partial charge is 0.489 e. The maximum Gasteiger partial charge on any atom is 0.269 e. The number of hydrogen-bond acceptors (Lipinski definition) is 4. The van der Waals surface area contributed by atoms with E-state index in [1.54, 1.807) is 6.07 Å². The van der Waals surface area contributed by atoms with Crippen LogP contribution in [0.4, 0.5) is 11.4 Å². The maximum absolute atomic E-state index is 11.4. The van der Waals surface area contributed by atoms with Crippen LogP contribution in [0.25, 0.3) is 0 Å². The summed E-state index contributed by atoms with van der Waals surface area (Å²) < 4.78 is 5.97. The lowest BCUT2D eigenvalue weighted by Crippen LogP contribution is -2.35. The highest BCUT2D eigenvalue weighted by atomic mass is 35.5. The third kappa shape index (κ3) is 3.65. The molecule has 1 heterocycles. The Morgan fingerprint density at radius 2 is 1.76 bits per heavy atom. The molecule has 0 saturated heterocycles. The zero-order valence-corrected chi connectivity index (χ0v) is 18.9. The second kappa shape index (κ2) is 8.07. The first kappa shape index (κ1) is 20.5. The second-order valence-corrected chi connectivity index (χ2v) is 10.0. The summed E-state index contributed by atoms with van der Waals surface area (Å²) in [6.07, 6.45) is 3.73. The molecule has 0 amide bonds. The number of nitro benzene ring substituents is 1. The van der Waals surface area contributed by atoms with Gasteiger partial charge in [-0.3, -0.25) is 10.1 Å². The number of anilines is 1. The maximum atomic E-state index is 11.4. The van der Waals surface area contributed by atoms with Crippen LogP contribution in [0.2, 0.25) is 5.02 Å². The molecule has 168 valence electrons. The van der Waals surface area contributed by atoms with Crippen LogP contribution >= 0.6 is 11.6 Å². The van der Waals surface area contributed by atoms with E-state index in [0.29, 0.717) is 30.3 Å². The van der Waals surface area contributed by atoms with Gasteiger partial charge in [0.25, 0.3) is 5.69 Å². The van der Waals surface area contributed by atoms with Crippen molar-refractivity contribution in [1.82, 2.24) is 0 Å². The molecule has 0 unspecified atom stereocenters. The third-order valence-electron chi connectivity index (χ3n) is 7.84. The molecular formula is C27H25ClN2O3. The molecule has 6 heteroatoms. The summed E-state index contributed by atoms with van der Waals surface area (Å²) >= 11 is 5.96. The summed E-state index contributed by atoms with van der Waals surface area (Å²) in [5.41, 5.74) is 4.70. The minimum Gasteiger partial charge on any atom is -0.489 e. The van der Waals surface area contributed by atoms with Crippen LogP contribution in [-0.4, -0.2) is 4.92 Å². The molecule has 6 rings (SSSR count). The van der Waals surface area contributed by atoms with Crippen LogP contribution in [0.15, 0.2) is 66.7 Å². The van der Waals surface area contributed by atoms with Gasteiger partial charge in [-0.15, -0.1) is 0 Å². The fraction of sp³-hybridized carbons (Fsp3) is 0.333. The monoisotopic (exact) mass is 460 g/mol. The van der Waals surface area contributed by atoms with E-state index in [2.05, 4.69) is 17.4 Å². The van der Waals surface area contributed by atoms with Gasteiger partial charge in [0.15, 0.2) is 0 Å². The molecule has 0 radical (unpaired) electrons. The average Bonchev–Trinajstić information content (AvgIpc) is 3.46. The first-order chi connectivity index (χ1) is 16.1. The van der Waals surface area contributed by atoms with Crippen molar-refractivity contribution in [2.75, 3.05) is 5.32 Å². The van der Waals surface area contributed by atoms with Gasteiger partial charge in [-0.05, 0) is 90.0 Å². The van der Waals surface area contributed by atoms with Crippen molar-refractivity contribution in [3.63, 3.8) is 0 Å². The summed E-state index contributed by atoms with van der Waals surface area (Å²) in [5, 5.41) is 15.8. The number of benzene rings is 3. The van der Waals surface area contributed by atoms with Crippen molar-refractivity contribution in [1.29, 1.82) is 0 Å². The van der Waals surface area contributed by atoms with Gasteiger partial charge in [-0.25, -0.2) is 0 Å². The van der Waals surface area contributed by atoms with Crippen molar-refractivity contribution in [3.8, 4) is 5.75 Å². The molecular weight excluding hydrogens is 436 g/mol. The number of rotatable bonds is 5. The van der Waals surface area contributed by atoms with Crippen molar-refractivity contribution >= 4 is 23.0 Å². The van der Waals surface area contributed by atoms with Gasteiger partial charge in [0.05, 0.1) is 11.0 Å². The molecule has 1 aliphatic heterocycles. The Hall–Kier alpha value is -3.05. The summed E-state index contributed by atoms with van der Waals surface area (Å²) in [5.74, 6) is 3.01. The van der Waals surface area contributed by atoms with Crippen molar-refractivity contribution in [2.45, 2.75) is 37.8 Å². The zero-order chi connectivity index (χ0) is 22.5. The van der Waals surface area contributed by atoms with Crippen molar-refractivity contribution in [2.24, 2.45) is 17.8 Å². The highest BCUT2D eigenvalue weighted by Gasteiger charge is 2.54. The molecule has 2 fully saturated rings. The smallest absolute Gasteiger partial charge is 0.269 e. The third-order valence-corrected chi connectivity index (χ3v) is 8.09. The minimum absolute atomic E-state index is 0.192. The van der Waals surface area contributed by atoms with Gasteiger partial charge >= 0.3 is 0 Å². The number of non-ortho nitro benzene ring substituents is 1. The lowest BCUT2D eigenvalue weighted by atomic mass is 9.68. The molecule has 33 heavy (non-hydrogen) atoms. The van der Waals surface area contributed by atoms with Gasteiger partial charge in [-0.2, -0.15) is 0 Å². The highest BCUT2D eigenvalue weighted by Crippen LogP contribution is 2.63. The topological polar surface area (TPSA) is 64.4 Å². The van der Waals surface area contributed by atoms with E-state index in [4.69, 9.17) is 16.3 Å². The summed E-state index contributed by atoms with van der Waals surface area (Å²) in [4.78, 5) is 11.1. The number of hydrogen-bond donors (Lipinski definition) is 1. The number of halogens is 1. The first-order valence-corrected chi connectivity index (χ1v) is 12.0. The van der Waals surface area contributed by atoms with Gasteiger partial charge in [0.2, 0.25) is 0 Å². The standard InChI is InChI=1S/C27H25ClN2O3/c28-20-7-1-16(2-8-20)15-33-22-10-5-17(6-11-22)27-26-19-4-3-18(13-19)25(26)23-14-21(30(31)32)9-12-24(23)29-27/h1-2,5-12,14,18-19,25-27,29H,3-4,13,15H2/t18-,19-,25-,26+,27-/m0/s1. The van der Waals surface area contributed by atoms with Gasteiger partial charge in [0, 0.05) is 22.8 Å². The normalized spacial score (nSPS) is 26.9. The highest BCUT2D eigenvalue weighted by molar-refractivity contribution is 6.30. The summed E-state index contributed by atoms with van der Waals surface area (Å²) in [6, 6.07) is 21.6. The Kier molecular flexibility index (Phi) is 5.02. The number of nitro groups is 1. The van der Waals surface area contributed by atoms with Crippen LogP contribution in [0.1, 0.15) is 47.9 Å². The Morgan fingerprint density at radius 3 is 2.52 bits per heavy atom. The van der Waals surface area contributed by atoms with Crippen LogP contribution in [0.3, 0.4) is 0 Å². The van der Waals surface area contributed by atoms with Crippen LogP contribution < -0.4 is 10.1 Å². The Morgan fingerprint density at radius 1 is 1.00 bits per heavy atom. The molecule has 5 nitrogen and oxygen atoms in total. The predicted octanol–water partition coefficient (Wildman–Crippen LogP) is 7.12. The quantitative estimate of drug-likeness (QED) is 0.325. The van der Waals surface area contributed by atoms with Gasteiger partial charge < -0.3 is 10.1 Å². The number of ether oxygens (including phenoxy) is 1. The van der Waals surface area contributed by atoms with Crippen LogP contribution in [0.5, 0.6) is 5.75 Å². The molecule has 3 aliphatic rings.